The van der Waals surface area contributed by atoms with Crippen LogP contribution in [0.4, 0.5) is 17.6 Å². The molecule has 0 aliphatic carbocycles. The number of carbonyl (C=O) groups excluding carboxylic acids is 1. The highest BCUT2D eigenvalue weighted by Crippen LogP contribution is 2.52. The largest absolute Gasteiger partial charge is 0.486 e. The van der Waals surface area contributed by atoms with Gasteiger partial charge in [-0.25, -0.2) is 9.18 Å². The van der Waals surface area contributed by atoms with Crippen molar-refractivity contribution in [3.05, 3.63) is 12.2 Å². The van der Waals surface area contributed by atoms with Crippen LogP contribution in [0.3, 0.4) is 0 Å². The van der Waals surface area contributed by atoms with E-state index in [0.29, 0.717) is 0 Å². The summed E-state index contributed by atoms with van der Waals surface area (Å²) in [6.45, 7) is 7.14. The molecular weight excluding hydrogens is 272 g/mol. The fraction of sp³-hybridized carbons (Fsp3) is 0.727. The van der Waals surface area contributed by atoms with Crippen molar-refractivity contribution in [2.45, 2.75) is 51.3 Å². The molecule has 1 heterocycles. The molecule has 0 radical (unpaired) electrons. The van der Waals surface area contributed by atoms with Gasteiger partial charge < -0.3 is 4.74 Å². The highest BCUT2D eigenvalue weighted by Gasteiger charge is 2.75. The van der Waals surface area contributed by atoms with Crippen molar-refractivity contribution in [1.29, 1.82) is 0 Å². The van der Waals surface area contributed by atoms with Crippen LogP contribution in [-0.2, 0) is 19.0 Å². The van der Waals surface area contributed by atoms with E-state index in [1.54, 1.807) is 0 Å². The van der Waals surface area contributed by atoms with Gasteiger partial charge in [-0.3, -0.25) is 9.47 Å². The van der Waals surface area contributed by atoms with E-state index in [1.807, 2.05) is 0 Å². The summed E-state index contributed by atoms with van der Waals surface area (Å²) in [7, 11) is 0. The highest BCUT2D eigenvalue weighted by atomic mass is 19.4. The quantitative estimate of drug-likeness (QED) is 0.445. The van der Waals surface area contributed by atoms with Gasteiger partial charge in [-0.05, 0) is 27.7 Å². The smallest absolute Gasteiger partial charge is 0.397 e. The lowest BCUT2D eigenvalue weighted by atomic mass is 10.0. The maximum absolute atomic E-state index is 14.0. The van der Waals surface area contributed by atoms with Gasteiger partial charge in [0, 0.05) is 5.57 Å². The average molecular weight is 286 g/mol. The molecule has 2 unspecified atom stereocenters. The third-order valence-electron chi connectivity index (χ3n) is 2.71. The van der Waals surface area contributed by atoms with E-state index in [9.17, 15) is 22.4 Å². The lowest BCUT2D eigenvalue weighted by Gasteiger charge is -2.29. The second-order valence-corrected chi connectivity index (χ2v) is 4.86. The first kappa shape index (κ1) is 15.9. The number of carbonyl (C=O) groups is 1. The Labute approximate surface area is 107 Å². The normalized spacial score (nSPS) is 34.1. The van der Waals surface area contributed by atoms with E-state index in [0.717, 1.165) is 27.7 Å². The monoisotopic (exact) mass is 286 g/mol. The van der Waals surface area contributed by atoms with Crippen LogP contribution in [0.1, 0.15) is 27.7 Å². The summed E-state index contributed by atoms with van der Waals surface area (Å²) < 4.78 is 65.9. The highest BCUT2D eigenvalue weighted by molar-refractivity contribution is 5.87. The number of alkyl halides is 4. The molecular formula is C11H14F4O4. The summed E-state index contributed by atoms with van der Waals surface area (Å²) in [6.07, 6.45) is -5.26. The van der Waals surface area contributed by atoms with Crippen molar-refractivity contribution in [3.63, 3.8) is 0 Å². The molecule has 1 saturated heterocycles. The maximum Gasteiger partial charge on any atom is 0.486 e. The maximum atomic E-state index is 14.0. The molecule has 1 fully saturated rings. The lowest BCUT2D eigenvalue weighted by Crippen LogP contribution is -2.51. The van der Waals surface area contributed by atoms with Gasteiger partial charge >= 0.3 is 18.1 Å². The summed E-state index contributed by atoms with van der Waals surface area (Å²) in [5.41, 5.74) is -2.26. The minimum Gasteiger partial charge on any atom is -0.397 e. The second-order valence-electron chi connectivity index (χ2n) is 4.86. The third-order valence-corrected chi connectivity index (χ3v) is 2.71. The van der Waals surface area contributed by atoms with Crippen LogP contribution >= 0.6 is 0 Å². The van der Waals surface area contributed by atoms with E-state index < -0.39 is 29.6 Å². The van der Waals surface area contributed by atoms with E-state index in [1.165, 1.54) is 0 Å². The summed E-state index contributed by atoms with van der Waals surface area (Å²) in [5, 5.41) is 0. The van der Waals surface area contributed by atoms with Gasteiger partial charge in [-0.1, -0.05) is 6.58 Å². The minimum absolute atomic E-state index is 0.305. The van der Waals surface area contributed by atoms with Crippen molar-refractivity contribution in [2.24, 2.45) is 0 Å². The van der Waals surface area contributed by atoms with Crippen LogP contribution in [0.25, 0.3) is 0 Å². The van der Waals surface area contributed by atoms with Gasteiger partial charge in [0.25, 0.3) is 0 Å². The number of hydrogen-bond donors (Lipinski definition) is 0. The Morgan fingerprint density at radius 1 is 1.21 bits per heavy atom. The molecule has 110 valence electrons. The van der Waals surface area contributed by atoms with Crippen molar-refractivity contribution >= 4 is 5.97 Å². The Morgan fingerprint density at radius 2 is 1.68 bits per heavy atom. The van der Waals surface area contributed by atoms with Gasteiger partial charge in [0.1, 0.15) is 5.60 Å². The number of rotatable bonds is 2. The first-order valence-corrected chi connectivity index (χ1v) is 5.29. The third kappa shape index (κ3) is 2.59. The standard InChI is InChI=1S/C11H14F4O4/c1-6(2)7(16)17-11(10(13,14)15)18-8(3,4)9(5,12)19-11/h1H2,2-5H3. The molecule has 0 aromatic rings. The van der Waals surface area contributed by atoms with Crippen LogP contribution in [0.15, 0.2) is 12.2 Å². The molecule has 19 heavy (non-hydrogen) atoms. The van der Waals surface area contributed by atoms with E-state index in [4.69, 9.17) is 0 Å². The van der Waals surface area contributed by atoms with Gasteiger partial charge in [0.2, 0.25) is 5.85 Å². The molecule has 2 atom stereocenters. The van der Waals surface area contributed by atoms with Crippen molar-refractivity contribution in [1.82, 2.24) is 0 Å². The number of hydrogen-bond acceptors (Lipinski definition) is 4. The Hall–Kier alpha value is -1.15. The zero-order valence-electron chi connectivity index (χ0n) is 10.9. The Kier molecular flexibility index (Phi) is 3.49. The molecule has 8 heteroatoms. The molecule has 0 spiro atoms. The predicted octanol–water partition coefficient (Wildman–Crippen LogP) is 2.83. The van der Waals surface area contributed by atoms with Gasteiger partial charge in [0.05, 0.1) is 0 Å². The number of halogens is 4. The Bertz CT molecular complexity index is 395. The van der Waals surface area contributed by atoms with Gasteiger partial charge in [0.15, 0.2) is 0 Å². The summed E-state index contributed by atoms with van der Waals surface area (Å²) in [6, 6.07) is 0. The first-order valence-electron chi connectivity index (χ1n) is 5.29. The second kappa shape index (κ2) is 4.17. The zero-order valence-corrected chi connectivity index (χ0v) is 10.9. The molecule has 1 aliphatic heterocycles. The zero-order chi connectivity index (χ0) is 15.3. The van der Waals surface area contributed by atoms with Crippen molar-refractivity contribution in [2.75, 3.05) is 0 Å². The SMILES string of the molecule is C=C(C)C(=O)OC1(C(F)(F)F)OC(C)(C)C(C)(F)O1. The number of esters is 1. The van der Waals surface area contributed by atoms with Crippen LogP contribution in [-0.4, -0.2) is 29.6 Å². The van der Waals surface area contributed by atoms with E-state index in [2.05, 4.69) is 20.8 Å². The van der Waals surface area contributed by atoms with E-state index in [-0.39, 0.29) is 5.57 Å². The molecule has 0 aromatic heterocycles. The summed E-state index contributed by atoms with van der Waals surface area (Å²) in [4.78, 5) is 11.3. The number of ether oxygens (including phenoxy) is 3. The van der Waals surface area contributed by atoms with Crippen LogP contribution in [0.5, 0.6) is 0 Å². The van der Waals surface area contributed by atoms with Crippen LogP contribution in [0.2, 0.25) is 0 Å². The first-order chi connectivity index (χ1) is 8.24. The molecule has 1 aliphatic rings. The molecule has 0 bridgehead atoms. The van der Waals surface area contributed by atoms with Crippen molar-refractivity contribution < 1.29 is 36.6 Å². The fourth-order valence-electron chi connectivity index (χ4n) is 1.25. The topological polar surface area (TPSA) is 44.8 Å². The predicted molar refractivity (Wildman–Crippen MR) is 55.5 cm³/mol. The van der Waals surface area contributed by atoms with E-state index >= 15 is 0 Å². The molecule has 0 amide bonds. The van der Waals surface area contributed by atoms with Crippen molar-refractivity contribution in [3.8, 4) is 0 Å². The average Bonchev–Trinajstić information content (AvgIpc) is 2.31. The van der Waals surface area contributed by atoms with Gasteiger partial charge in [-0.2, -0.15) is 13.2 Å². The molecule has 4 nitrogen and oxygen atoms in total. The molecule has 0 N–H and O–H groups in total. The Morgan fingerprint density at radius 3 is 1.95 bits per heavy atom. The van der Waals surface area contributed by atoms with Crippen LogP contribution in [0, 0.1) is 0 Å². The van der Waals surface area contributed by atoms with Gasteiger partial charge in [-0.15, -0.1) is 0 Å². The summed E-state index contributed by atoms with van der Waals surface area (Å²) >= 11 is 0. The van der Waals surface area contributed by atoms with Crippen LogP contribution < -0.4 is 0 Å². The molecule has 1 rings (SSSR count). The summed E-state index contributed by atoms with van der Waals surface area (Å²) in [5.74, 6) is -7.97. The fourth-order valence-corrected chi connectivity index (χ4v) is 1.25. The Balaban J connectivity index is 3.20. The molecule has 0 saturated carbocycles. The minimum atomic E-state index is -5.26. The molecule has 0 aromatic carbocycles. The lowest BCUT2D eigenvalue weighted by molar-refractivity contribution is -0.451.